The van der Waals surface area contributed by atoms with Crippen molar-refractivity contribution in [1.82, 2.24) is 15.4 Å². The summed E-state index contributed by atoms with van der Waals surface area (Å²) in [5.41, 5.74) is 0. The Hall–Kier alpha value is -2.30. The first-order valence-corrected chi connectivity index (χ1v) is 11.0. The summed E-state index contributed by atoms with van der Waals surface area (Å²) in [6.45, 7) is 4.30. The van der Waals surface area contributed by atoms with E-state index >= 15 is 0 Å². The van der Waals surface area contributed by atoms with Crippen LogP contribution in [0.2, 0.25) is 0 Å². The maximum Gasteiger partial charge on any atom is 0.289 e. The lowest BCUT2D eigenvalue weighted by Gasteiger charge is -2.25. The maximum absolute atomic E-state index is 12.8. The molecule has 0 aromatic heterocycles. The van der Waals surface area contributed by atoms with Crippen LogP contribution < -0.4 is 15.4 Å². The zero-order valence-corrected chi connectivity index (χ0v) is 17.3. The molecule has 9 nitrogen and oxygen atoms in total. The van der Waals surface area contributed by atoms with Gasteiger partial charge >= 0.3 is 0 Å². The number of sulfonamides is 1. The minimum atomic E-state index is -3.94. The van der Waals surface area contributed by atoms with Gasteiger partial charge in [0.05, 0.1) is 10.9 Å². The van der Waals surface area contributed by atoms with Crippen molar-refractivity contribution >= 4 is 27.6 Å². The molecule has 2 amide bonds. The van der Waals surface area contributed by atoms with Gasteiger partial charge in [-0.25, -0.2) is 8.42 Å². The molecule has 1 aromatic carbocycles. The molecule has 1 heterocycles. The molecule has 1 aliphatic heterocycles. The number of hydrogen-bond donors (Lipinski definition) is 3. The number of amides is 2. The summed E-state index contributed by atoms with van der Waals surface area (Å²) in [6, 6.07) is 5.47. The number of Topliss-reactive ketones (excluding diaryl/α,β-unsaturated/α-hetero) is 1. The van der Waals surface area contributed by atoms with Crippen LogP contribution in [0.4, 0.5) is 0 Å². The summed E-state index contributed by atoms with van der Waals surface area (Å²) < 4.78 is 33.0. The molecule has 2 unspecified atom stereocenters. The van der Waals surface area contributed by atoms with E-state index in [9.17, 15) is 22.8 Å². The van der Waals surface area contributed by atoms with Gasteiger partial charge < -0.3 is 15.4 Å². The molecule has 1 aromatic rings. The van der Waals surface area contributed by atoms with Gasteiger partial charge in [0.15, 0.2) is 0 Å². The van der Waals surface area contributed by atoms with E-state index in [1.54, 1.807) is 32.0 Å². The van der Waals surface area contributed by atoms with Gasteiger partial charge in [0.1, 0.15) is 6.04 Å². The molecule has 29 heavy (non-hydrogen) atoms. The molecule has 0 radical (unpaired) electrons. The summed E-state index contributed by atoms with van der Waals surface area (Å²) in [7, 11) is -3.94. The highest BCUT2D eigenvalue weighted by Gasteiger charge is 2.33. The zero-order chi connectivity index (χ0) is 21.4. The molecule has 2 atom stereocenters. The van der Waals surface area contributed by atoms with E-state index in [1.165, 1.54) is 12.1 Å². The number of ether oxygens (including phenoxy) is 1. The highest BCUT2D eigenvalue weighted by molar-refractivity contribution is 7.89. The third-order valence-corrected chi connectivity index (χ3v) is 5.90. The SMILES string of the molecule is CC(C)C(NS(=O)(=O)c1ccccc1)C(=O)NC1CCOCCCNC(=O)C1=O. The average molecular weight is 426 g/mol. The monoisotopic (exact) mass is 425 g/mol. The normalized spacial score (nSPS) is 20.0. The quantitative estimate of drug-likeness (QED) is 0.549. The van der Waals surface area contributed by atoms with Crippen molar-refractivity contribution < 1.29 is 27.5 Å². The van der Waals surface area contributed by atoms with Gasteiger partial charge in [0.25, 0.3) is 5.91 Å². The van der Waals surface area contributed by atoms with Crippen LogP contribution in [-0.4, -0.2) is 57.9 Å². The number of nitrogens with one attached hydrogen (secondary N) is 3. The van der Waals surface area contributed by atoms with Crippen LogP contribution in [0, 0.1) is 5.92 Å². The van der Waals surface area contributed by atoms with E-state index in [4.69, 9.17) is 4.74 Å². The second-order valence-electron chi connectivity index (χ2n) is 7.09. The average Bonchev–Trinajstić information content (AvgIpc) is 2.69. The Morgan fingerprint density at radius 2 is 1.86 bits per heavy atom. The Morgan fingerprint density at radius 1 is 1.17 bits per heavy atom. The fourth-order valence-electron chi connectivity index (χ4n) is 2.78. The van der Waals surface area contributed by atoms with Crippen LogP contribution >= 0.6 is 0 Å². The minimum absolute atomic E-state index is 0.0287. The molecule has 2 rings (SSSR count). The lowest BCUT2D eigenvalue weighted by atomic mass is 10.0. The zero-order valence-electron chi connectivity index (χ0n) is 16.5. The van der Waals surface area contributed by atoms with Gasteiger partial charge in [-0.1, -0.05) is 32.0 Å². The first-order valence-electron chi connectivity index (χ1n) is 9.50. The van der Waals surface area contributed by atoms with Crippen molar-refractivity contribution in [3.63, 3.8) is 0 Å². The lowest BCUT2D eigenvalue weighted by molar-refractivity contribution is -0.140. The lowest BCUT2D eigenvalue weighted by Crippen LogP contribution is -2.55. The minimum Gasteiger partial charge on any atom is -0.381 e. The molecule has 160 valence electrons. The molecule has 0 spiro atoms. The van der Waals surface area contributed by atoms with Gasteiger partial charge in [-0.05, 0) is 30.9 Å². The number of rotatable bonds is 6. The topological polar surface area (TPSA) is 131 Å². The van der Waals surface area contributed by atoms with Crippen molar-refractivity contribution in [3.05, 3.63) is 30.3 Å². The highest BCUT2D eigenvalue weighted by Crippen LogP contribution is 2.12. The van der Waals surface area contributed by atoms with Crippen LogP contribution in [0.5, 0.6) is 0 Å². The van der Waals surface area contributed by atoms with Crippen molar-refractivity contribution in [2.24, 2.45) is 5.92 Å². The van der Waals surface area contributed by atoms with Crippen LogP contribution in [0.15, 0.2) is 35.2 Å². The van der Waals surface area contributed by atoms with E-state index < -0.39 is 45.6 Å². The predicted octanol–water partition coefficient (Wildman–Crippen LogP) is -0.0300. The molecule has 3 N–H and O–H groups in total. The fourth-order valence-corrected chi connectivity index (χ4v) is 4.15. The molecule has 1 saturated heterocycles. The fraction of sp³-hybridized carbons (Fsp3) is 0.526. The van der Waals surface area contributed by atoms with Crippen LogP contribution in [0.25, 0.3) is 0 Å². The molecule has 0 bridgehead atoms. The third kappa shape index (κ3) is 6.62. The van der Waals surface area contributed by atoms with Gasteiger partial charge in [0, 0.05) is 19.8 Å². The first kappa shape index (κ1) is 23.0. The van der Waals surface area contributed by atoms with Crippen LogP contribution in [0.1, 0.15) is 26.7 Å². The first-order chi connectivity index (χ1) is 13.7. The van der Waals surface area contributed by atoms with Crippen LogP contribution in [0.3, 0.4) is 0 Å². The summed E-state index contributed by atoms with van der Waals surface area (Å²) in [5.74, 6) is -2.63. The maximum atomic E-state index is 12.8. The standard InChI is InChI=1S/C19H27N3O6S/c1-13(2)16(22-29(26,27)14-7-4-3-5-8-14)18(24)21-15-9-12-28-11-6-10-20-19(25)17(15)23/h3-5,7-8,13,15-16,22H,6,9-12H2,1-2H3,(H,20,25)(H,21,24). The summed E-state index contributed by atoms with van der Waals surface area (Å²) in [6.07, 6.45) is 0.709. The number of benzene rings is 1. The Balaban J connectivity index is 2.14. The van der Waals surface area contributed by atoms with E-state index in [0.717, 1.165) is 0 Å². The van der Waals surface area contributed by atoms with E-state index in [1.807, 2.05) is 0 Å². The largest absolute Gasteiger partial charge is 0.381 e. The van der Waals surface area contributed by atoms with Gasteiger partial charge in [-0.2, -0.15) is 4.72 Å². The molecular formula is C19H27N3O6S. The predicted molar refractivity (Wildman–Crippen MR) is 105 cm³/mol. The highest BCUT2D eigenvalue weighted by atomic mass is 32.2. The molecular weight excluding hydrogens is 398 g/mol. The molecule has 1 aliphatic rings. The molecule has 0 saturated carbocycles. The second kappa shape index (κ2) is 10.5. The van der Waals surface area contributed by atoms with E-state index in [-0.39, 0.29) is 17.9 Å². The van der Waals surface area contributed by atoms with Crippen molar-refractivity contribution in [3.8, 4) is 0 Å². The summed E-state index contributed by atoms with van der Waals surface area (Å²) in [4.78, 5) is 37.2. The Labute approximate surface area is 170 Å². The Bertz CT molecular complexity index is 826. The number of ketones is 1. The molecule has 0 aliphatic carbocycles. The van der Waals surface area contributed by atoms with Crippen molar-refractivity contribution in [2.75, 3.05) is 19.8 Å². The van der Waals surface area contributed by atoms with Gasteiger partial charge in [-0.3, -0.25) is 14.4 Å². The molecule has 10 heteroatoms. The number of hydrogen-bond acceptors (Lipinski definition) is 6. The van der Waals surface area contributed by atoms with E-state index in [0.29, 0.717) is 19.6 Å². The van der Waals surface area contributed by atoms with Crippen molar-refractivity contribution in [2.45, 2.75) is 43.7 Å². The Kier molecular flexibility index (Phi) is 8.30. The Morgan fingerprint density at radius 3 is 2.52 bits per heavy atom. The summed E-state index contributed by atoms with van der Waals surface area (Å²) >= 11 is 0. The smallest absolute Gasteiger partial charge is 0.289 e. The van der Waals surface area contributed by atoms with Crippen molar-refractivity contribution in [1.29, 1.82) is 0 Å². The summed E-state index contributed by atoms with van der Waals surface area (Å²) in [5, 5.41) is 5.00. The van der Waals surface area contributed by atoms with Gasteiger partial charge in [-0.15, -0.1) is 0 Å². The number of carbonyl (C=O) groups excluding carboxylic acids is 3. The second-order valence-corrected chi connectivity index (χ2v) is 8.81. The molecule has 1 fully saturated rings. The van der Waals surface area contributed by atoms with Gasteiger partial charge in [0.2, 0.25) is 21.7 Å². The number of carbonyl (C=O) groups is 3. The van der Waals surface area contributed by atoms with Crippen LogP contribution in [-0.2, 0) is 29.1 Å². The third-order valence-electron chi connectivity index (χ3n) is 4.44. The van der Waals surface area contributed by atoms with E-state index in [2.05, 4.69) is 15.4 Å².